The van der Waals surface area contributed by atoms with E-state index in [-0.39, 0.29) is 18.1 Å². The number of hydrogen-bond donors (Lipinski definition) is 0. The van der Waals surface area contributed by atoms with Crippen molar-refractivity contribution in [3.05, 3.63) is 29.6 Å². The predicted molar refractivity (Wildman–Crippen MR) is 68.9 cm³/mol. The van der Waals surface area contributed by atoms with Gasteiger partial charge in [-0.3, -0.25) is 0 Å². The highest BCUT2D eigenvalue weighted by atomic mass is 79.9. The summed E-state index contributed by atoms with van der Waals surface area (Å²) in [6.07, 6.45) is 1.52. The Labute approximate surface area is 109 Å². The first-order chi connectivity index (χ1) is 7.92. The first kappa shape index (κ1) is 14.4. The number of halogens is 2. The Bertz CT molecular complexity index is 474. The number of sulfone groups is 1. The lowest BCUT2D eigenvalue weighted by Crippen LogP contribution is -2.08. The van der Waals surface area contributed by atoms with E-state index >= 15 is 0 Å². The lowest BCUT2D eigenvalue weighted by molar-refractivity contribution is 0.301. The summed E-state index contributed by atoms with van der Waals surface area (Å²) in [5.74, 6) is -0.224. The summed E-state index contributed by atoms with van der Waals surface area (Å²) >= 11 is 3.23. The summed E-state index contributed by atoms with van der Waals surface area (Å²) in [5, 5.41) is 0.582. The summed E-state index contributed by atoms with van der Waals surface area (Å²) in [6.45, 7) is 0.192. The van der Waals surface area contributed by atoms with E-state index < -0.39 is 15.7 Å². The maximum Gasteiger partial charge on any atom is 0.165 e. The predicted octanol–water partition coefficient (Wildman–Crippen LogP) is 2.53. The van der Waals surface area contributed by atoms with Crippen LogP contribution in [0.1, 0.15) is 12.0 Å². The zero-order valence-corrected chi connectivity index (χ0v) is 11.9. The molecule has 6 heteroatoms. The molecule has 0 atom stereocenters. The highest BCUT2D eigenvalue weighted by molar-refractivity contribution is 9.08. The molecule has 0 saturated carbocycles. The van der Waals surface area contributed by atoms with Crippen molar-refractivity contribution < 1.29 is 17.5 Å². The van der Waals surface area contributed by atoms with Crippen LogP contribution in [-0.4, -0.2) is 27.0 Å². The quantitative estimate of drug-likeness (QED) is 0.596. The highest BCUT2D eigenvalue weighted by Gasteiger charge is 2.06. The first-order valence-corrected chi connectivity index (χ1v) is 8.25. The van der Waals surface area contributed by atoms with Gasteiger partial charge < -0.3 is 4.74 Å². The van der Waals surface area contributed by atoms with E-state index in [2.05, 4.69) is 15.9 Å². The molecule has 0 amide bonds. The van der Waals surface area contributed by atoms with Gasteiger partial charge in [-0.25, -0.2) is 12.8 Å². The summed E-state index contributed by atoms with van der Waals surface area (Å²) in [5.41, 5.74) is 0.825. The van der Waals surface area contributed by atoms with Crippen molar-refractivity contribution in [3.63, 3.8) is 0 Å². The van der Waals surface area contributed by atoms with E-state index in [4.69, 9.17) is 4.74 Å². The molecule has 0 aliphatic rings. The third-order valence-corrected chi connectivity index (χ3v) is 3.75. The van der Waals surface area contributed by atoms with Crippen LogP contribution in [0.4, 0.5) is 4.39 Å². The molecule has 0 radical (unpaired) electrons. The second-order valence-corrected chi connectivity index (χ2v) is 6.55. The van der Waals surface area contributed by atoms with Crippen molar-refractivity contribution >= 4 is 25.8 Å². The van der Waals surface area contributed by atoms with Gasteiger partial charge in [0.25, 0.3) is 0 Å². The molecule has 0 aliphatic heterocycles. The van der Waals surface area contributed by atoms with Gasteiger partial charge >= 0.3 is 0 Å². The van der Waals surface area contributed by atoms with E-state index in [0.717, 1.165) is 5.56 Å². The molecule has 1 aromatic rings. The maximum absolute atomic E-state index is 13.4. The molecule has 1 aromatic carbocycles. The Morgan fingerprint density at radius 2 is 2.12 bits per heavy atom. The molecule has 0 unspecified atom stereocenters. The monoisotopic (exact) mass is 324 g/mol. The molecule has 0 saturated heterocycles. The molecule has 0 spiro atoms. The minimum Gasteiger partial charge on any atom is -0.490 e. The second kappa shape index (κ2) is 6.35. The number of ether oxygens (including phenoxy) is 1. The zero-order chi connectivity index (χ0) is 12.9. The van der Waals surface area contributed by atoms with Gasteiger partial charge in [0.2, 0.25) is 0 Å². The van der Waals surface area contributed by atoms with Crippen LogP contribution in [0.3, 0.4) is 0 Å². The van der Waals surface area contributed by atoms with E-state index in [9.17, 15) is 12.8 Å². The van der Waals surface area contributed by atoms with Crippen LogP contribution in [0.5, 0.6) is 5.75 Å². The largest absolute Gasteiger partial charge is 0.490 e. The Hall–Kier alpha value is -0.620. The van der Waals surface area contributed by atoms with Crippen LogP contribution >= 0.6 is 15.9 Å². The Kier molecular flexibility index (Phi) is 5.39. The molecule has 3 nitrogen and oxygen atoms in total. The van der Waals surface area contributed by atoms with E-state index in [1.807, 2.05) is 0 Å². The van der Waals surface area contributed by atoms with Gasteiger partial charge in [-0.15, -0.1) is 0 Å². The average Bonchev–Trinajstić information content (AvgIpc) is 2.24. The number of hydrogen-bond acceptors (Lipinski definition) is 3. The van der Waals surface area contributed by atoms with Crippen LogP contribution in [0.15, 0.2) is 18.2 Å². The Morgan fingerprint density at radius 1 is 1.41 bits per heavy atom. The van der Waals surface area contributed by atoms with Crippen molar-refractivity contribution in [2.45, 2.75) is 11.8 Å². The molecule has 1 rings (SSSR count). The van der Waals surface area contributed by atoms with Gasteiger partial charge in [0.1, 0.15) is 9.84 Å². The first-order valence-electron chi connectivity index (χ1n) is 5.07. The Balaban J connectivity index is 2.47. The lowest BCUT2D eigenvalue weighted by atomic mass is 10.2. The number of benzene rings is 1. The van der Waals surface area contributed by atoms with Crippen LogP contribution in [0.25, 0.3) is 0 Å². The van der Waals surface area contributed by atoms with E-state index in [1.54, 1.807) is 12.1 Å². The molecule has 0 fully saturated rings. The smallest absolute Gasteiger partial charge is 0.165 e. The molecule has 0 aromatic heterocycles. The van der Waals surface area contributed by atoms with Crippen molar-refractivity contribution in [2.24, 2.45) is 0 Å². The molecule has 0 aliphatic carbocycles. The topological polar surface area (TPSA) is 43.4 Å². The molecular formula is C11H14BrFO3S. The summed E-state index contributed by atoms with van der Waals surface area (Å²) in [7, 11) is -2.98. The van der Waals surface area contributed by atoms with Crippen molar-refractivity contribution in [1.29, 1.82) is 0 Å². The zero-order valence-electron chi connectivity index (χ0n) is 9.45. The third kappa shape index (κ3) is 5.50. The van der Waals surface area contributed by atoms with Crippen LogP contribution in [0.2, 0.25) is 0 Å². The van der Waals surface area contributed by atoms with Gasteiger partial charge in [-0.2, -0.15) is 0 Å². The average molecular weight is 325 g/mol. The van der Waals surface area contributed by atoms with Crippen molar-refractivity contribution in [1.82, 2.24) is 0 Å². The third-order valence-electron chi connectivity index (χ3n) is 2.07. The second-order valence-electron chi connectivity index (χ2n) is 3.73. The summed E-state index contributed by atoms with van der Waals surface area (Å²) in [4.78, 5) is 0. The fourth-order valence-electron chi connectivity index (χ4n) is 1.25. The molecule has 0 N–H and O–H groups in total. The van der Waals surface area contributed by atoms with Crippen LogP contribution in [-0.2, 0) is 15.2 Å². The minimum absolute atomic E-state index is 0.0497. The van der Waals surface area contributed by atoms with Gasteiger partial charge in [0.15, 0.2) is 11.6 Å². The molecular weight excluding hydrogens is 311 g/mol. The molecule has 96 valence electrons. The normalized spacial score (nSPS) is 11.5. The van der Waals surface area contributed by atoms with Crippen LogP contribution < -0.4 is 4.74 Å². The van der Waals surface area contributed by atoms with Gasteiger partial charge in [0, 0.05) is 11.6 Å². The van der Waals surface area contributed by atoms with Gasteiger partial charge in [0.05, 0.1) is 12.4 Å². The standard InChI is InChI=1S/C11H14BrFO3S/c1-17(14,15)6-2-5-16-11-4-3-9(8-12)7-10(11)13/h3-4,7H,2,5-6,8H2,1H3. The minimum atomic E-state index is -2.98. The Morgan fingerprint density at radius 3 is 2.65 bits per heavy atom. The fraction of sp³-hybridized carbons (Fsp3) is 0.455. The number of alkyl halides is 1. The molecule has 17 heavy (non-hydrogen) atoms. The van der Waals surface area contributed by atoms with Crippen LogP contribution in [0, 0.1) is 5.82 Å². The molecule has 0 heterocycles. The summed E-state index contributed by atoms with van der Waals surface area (Å²) < 4.78 is 40.3. The van der Waals surface area contributed by atoms with Gasteiger partial charge in [-0.05, 0) is 24.1 Å². The van der Waals surface area contributed by atoms with Crippen molar-refractivity contribution in [2.75, 3.05) is 18.6 Å². The SMILES string of the molecule is CS(=O)(=O)CCCOc1ccc(CBr)cc1F. The van der Waals surface area contributed by atoms with Gasteiger partial charge in [-0.1, -0.05) is 22.0 Å². The highest BCUT2D eigenvalue weighted by Crippen LogP contribution is 2.19. The van der Waals surface area contributed by atoms with Crippen molar-refractivity contribution in [3.8, 4) is 5.75 Å². The number of rotatable bonds is 6. The maximum atomic E-state index is 13.4. The van der Waals surface area contributed by atoms with E-state index in [0.29, 0.717) is 11.8 Å². The van der Waals surface area contributed by atoms with E-state index in [1.165, 1.54) is 12.3 Å². The summed E-state index contributed by atoms with van der Waals surface area (Å²) in [6, 6.07) is 4.69. The fourth-order valence-corrected chi connectivity index (χ4v) is 2.24. The molecule has 0 bridgehead atoms. The lowest BCUT2D eigenvalue weighted by Gasteiger charge is -2.07.